The third-order valence-electron chi connectivity index (χ3n) is 4.85. The maximum Gasteiger partial charge on any atom is 0.290 e. The fourth-order valence-corrected chi connectivity index (χ4v) is 3.44. The van der Waals surface area contributed by atoms with Gasteiger partial charge in [0.05, 0.1) is 18.3 Å². The van der Waals surface area contributed by atoms with Crippen LogP contribution in [-0.2, 0) is 6.54 Å². The summed E-state index contributed by atoms with van der Waals surface area (Å²) in [6.07, 6.45) is 7.64. The Balaban J connectivity index is 1.62. The van der Waals surface area contributed by atoms with Crippen molar-refractivity contribution >= 4 is 17.3 Å². The maximum atomic E-state index is 13.0. The van der Waals surface area contributed by atoms with E-state index in [1.165, 1.54) is 0 Å². The second kappa shape index (κ2) is 7.65. The van der Waals surface area contributed by atoms with E-state index >= 15 is 0 Å². The highest BCUT2D eigenvalue weighted by atomic mass is 16.3. The van der Waals surface area contributed by atoms with Crippen molar-refractivity contribution in [1.29, 1.82) is 0 Å². The van der Waals surface area contributed by atoms with E-state index in [4.69, 9.17) is 4.42 Å². The summed E-state index contributed by atoms with van der Waals surface area (Å²) in [5.41, 5.74) is 0.868. The summed E-state index contributed by atoms with van der Waals surface area (Å²) in [5, 5.41) is 2.80. The predicted molar refractivity (Wildman–Crippen MR) is 99.4 cm³/mol. The quantitative estimate of drug-likeness (QED) is 0.770. The summed E-state index contributed by atoms with van der Waals surface area (Å²) < 4.78 is 6.94. The SMILES string of the molecule is O=C(NCc1ccco1)c1nc(C(=O)N2CCCCCC2)n2ccccc12. The lowest BCUT2D eigenvalue weighted by Crippen LogP contribution is -2.33. The number of likely N-dealkylation sites (tertiary alicyclic amines) is 1. The Morgan fingerprint density at radius 1 is 1.07 bits per heavy atom. The van der Waals surface area contributed by atoms with Gasteiger partial charge < -0.3 is 14.6 Å². The average Bonchev–Trinajstić information content (AvgIpc) is 3.26. The molecule has 3 aromatic heterocycles. The molecule has 2 amide bonds. The first-order valence-electron chi connectivity index (χ1n) is 9.31. The van der Waals surface area contributed by atoms with Gasteiger partial charge in [0.2, 0.25) is 5.82 Å². The highest BCUT2D eigenvalue weighted by Crippen LogP contribution is 2.17. The zero-order valence-electron chi connectivity index (χ0n) is 15.1. The highest BCUT2D eigenvalue weighted by molar-refractivity contribution is 6.02. The van der Waals surface area contributed by atoms with E-state index in [0.29, 0.717) is 11.3 Å². The number of nitrogens with zero attached hydrogens (tertiary/aromatic N) is 3. The van der Waals surface area contributed by atoms with E-state index in [1.54, 1.807) is 35.1 Å². The molecular weight excluding hydrogens is 344 g/mol. The number of hydrogen-bond acceptors (Lipinski definition) is 4. The van der Waals surface area contributed by atoms with Crippen molar-refractivity contribution in [3.8, 4) is 0 Å². The van der Waals surface area contributed by atoms with Gasteiger partial charge in [-0.15, -0.1) is 0 Å². The highest BCUT2D eigenvalue weighted by Gasteiger charge is 2.25. The first-order chi connectivity index (χ1) is 13.2. The Hall–Kier alpha value is -3.09. The van der Waals surface area contributed by atoms with Crippen molar-refractivity contribution in [2.45, 2.75) is 32.2 Å². The lowest BCUT2D eigenvalue weighted by atomic mass is 10.2. The van der Waals surface area contributed by atoms with Gasteiger partial charge in [-0.2, -0.15) is 0 Å². The Morgan fingerprint density at radius 3 is 2.63 bits per heavy atom. The molecule has 0 bridgehead atoms. The number of imidazole rings is 1. The average molecular weight is 366 g/mol. The van der Waals surface area contributed by atoms with E-state index in [9.17, 15) is 9.59 Å². The first-order valence-corrected chi connectivity index (χ1v) is 9.31. The van der Waals surface area contributed by atoms with Crippen LogP contribution in [0.4, 0.5) is 0 Å². The number of pyridine rings is 1. The number of rotatable bonds is 4. The topological polar surface area (TPSA) is 79.8 Å². The van der Waals surface area contributed by atoms with Crippen molar-refractivity contribution < 1.29 is 14.0 Å². The number of fused-ring (bicyclic) bond motifs is 1. The van der Waals surface area contributed by atoms with Gasteiger partial charge in [0, 0.05) is 19.3 Å². The lowest BCUT2D eigenvalue weighted by Gasteiger charge is -2.19. The van der Waals surface area contributed by atoms with Crippen molar-refractivity contribution in [2.24, 2.45) is 0 Å². The summed E-state index contributed by atoms with van der Waals surface area (Å²) in [6, 6.07) is 9.03. The first kappa shape index (κ1) is 17.3. The van der Waals surface area contributed by atoms with E-state index in [-0.39, 0.29) is 29.9 Å². The van der Waals surface area contributed by atoms with Gasteiger partial charge >= 0.3 is 0 Å². The smallest absolute Gasteiger partial charge is 0.290 e. The molecule has 0 spiro atoms. The minimum Gasteiger partial charge on any atom is -0.467 e. The molecule has 27 heavy (non-hydrogen) atoms. The summed E-state index contributed by atoms with van der Waals surface area (Å²) >= 11 is 0. The molecule has 0 atom stereocenters. The van der Waals surface area contributed by atoms with Crippen LogP contribution >= 0.6 is 0 Å². The summed E-state index contributed by atoms with van der Waals surface area (Å²) in [4.78, 5) is 32.0. The van der Waals surface area contributed by atoms with Crippen LogP contribution in [0.3, 0.4) is 0 Å². The van der Waals surface area contributed by atoms with E-state index in [2.05, 4.69) is 10.3 Å². The van der Waals surface area contributed by atoms with Crippen LogP contribution in [0.5, 0.6) is 0 Å². The molecule has 1 saturated heterocycles. The van der Waals surface area contributed by atoms with Crippen molar-refractivity contribution in [2.75, 3.05) is 13.1 Å². The van der Waals surface area contributed by atoms with Gasteiger partial charge in [0.25, 0.3) is 11.8 Å². The van der Waals surface area contributed by atoms with Crippen LogP contribution in [0.25, 0.3) is 5.52 Å². The standard InChI is InChI=1S/C20H22N4O3/c25-19(21-14-15-8-7-13-27-15)17-16-9-3-6-12-24(16)18(22-17)20(26)23-10-4-1-2-5-11-23/h3,6-9,12-13H,1-2,4-5,10-11,14H2,(H,21,25). The Morgan fingerprint density at radius 2 is 1.89 bits per heavy atom. The Bertz CT molecular complexity index is 937. The van der Waals surface area contributed by atoms with Crippen LogP contribution < -0.4 is 5.32 Å². The fraction of sp³-hybridized carbons (Fsp3) is 0.350. The molecule has 1 aliphatic heterocycles. The monoisotopic (exact) mass is 366 g/mol. The Kier molecular flexibility index (Phi) is 4.91. The fourth-order valence-electron chi connectivity index (χ4n) is 3.44. The summed E-state index contributed by atoms with van der Waals surface area (Å²) in [5.74, 6) is 0.497. The largest absolute Gasteiger partial charge is 0.467 e. The molecule has 4 rings (SSSR count). The van der Waals surface area contributed by atoms with Gasteiger partial charge in [0.15, 0.2) is 5.69 Å². The number of carbonyl (C=O) groups excluding carboxylic acids is 2. The number of aromatic nitrogens is 2. The van der Waals surface area contributed by atoms with E-state index in [0.717, 1.165) is 38.8 Å². The number of furan rings is 1. The summed E-state index contributed by atoms with van der Waals surface area (Å²) in [6.45, 7) is 1.74. The minimum atomic E-state index is -0.329. The zero-order chi connectivity index (χ0) is 18.6. The third-order valence-corrected chi connectivity index (χ3v) is 4.85. The van der Waals surface area contributed by atoms with Gasteiger partial charge in [-0.25, -0.2) is 4.98 Å². The lowest BCUT2D eigenvalue weighted by molar-refractivity contribution is 0.0748. The van der Waals surface area contributed by atoms with Gasteiger partial charge in [-0.1, -0.05) is 18.9 Å². The molecular formula is C20H22N4O3. The normalized spacial score (nSPS) is 14.9. The molecule has 7 nitrogen and oxygen atoms in total. The zero-order valence-corrected chi connectivity index (χ0v) is 15.1. The molecule has 0 aromatic carbocycles. The molecule has 4 heterocycles. The summed E-state index contributed by atoms with van der Waals surface area (Å²) in [7, 11) is 0. The molecule has 0 radical (unpaired) electrons. The third kappa shape index (κ3) is 3.58. The van der Waals surface area contributed by atoms with Gasteiger partial charge in [-0.3, -0.25) is 14.0 Å². The molecule has 0 saturated carbocycles. The maximum absolute atomic E-state index is 13.0. The van der Waals surface area contributed by atoms with Crippen LogP contribution in [0.1, 0.15) is 52.6 Å². The van der Waals surface area contributed by atoms with Crippen molar-refractivity contribution in [3.63, 3.8) is 0 Å². The van der Waals surface area contributed by atoms with Crippen molar-refractivity contribution in [3.05, 3.63) is 60.1 Å². The van der Waals surface area contributed by atoms with Crippen LogP contribution in [-0.4, -0.2) is 39.2 Å². The van der Waals surface area contributed by atoms with Crippen LogP contribution in [0.2, 0.25) is 0 Å². The van der Waals surface area contributed by atoms with Crippen LogP contribution in [0, 0.1) is 0 Å². The molecule has 140 valence electrons. The van der Waals surface area contributed by atoms with Crippen LogP contribution in [0.15, 0.2) is 47.2 Å². The Labute approximate surface area is 157 Å². The van der Waals surface area contributed by atoms with Gasteiger partial charge in [0.1, 0.15) is 5.76 Å². The number of nitrogens with one attached hydrogen (secondary N) is 1. The molecule has 7 heteroatoms. The second-order valence-electron chi connectivity index (χ2n) is 6.71. The molecule has 1 N–H and O–H groups in total. The number of hydrogen-bond donors (Lipinski definition) is 1. The number of carbonyl (C=O) groups is 2. The molecule has 1 aliphatic rings. The second-order valence-corrected chi connectivity index (χ2v) is 6.71. The number of amides is 2. The predicted octanol–water partition coefficient (Wildman–Crippen LogP) is 2.87. The molecule has 1 fully saturated rings. The molecule has 3 aromatic rings. The van der Waals surface area contributed by atoms with E-state index in [1.807, 2.05) is 17.0 Å². The molecule has 0 unspecified atom stereocenters. The van der Waals surface area contributed by atoms with Gasteiger partial charge in [-0.05, 0) is 37.1 Å². The van der Waals surface area contributed by atoms with Crippen molar-refractivity contribution in [1.82, 2.24) is 19.6 Å². The molecule has 0 aliphatic carbocycles. The minimum absolute atomic E-state index is 0.122. The van der Waals surface area contributed by atoms with E-state index < -0.39 is 0 Å².